The number of hydrogen-bond acceptors (Lipinski definition) is 6. The third kappa shape index (κ3) is 3.98. The van der Waals surface area contributed by atoms with Gasteiger partial charge in [-0.1, -0.05) is 43.7 Å². The van der Waals surface area contributed by atoms with Crippen molar-refractivity contribution < 1.29 is 9.59 Å². The molecular formula is C21H25N5O2S. The maximum absolute atomic E-state index is 12.9. The van der Waals surface area contributed by atoms with Crippen LogP contribution in [-0.2, 0) is 11.3 Å². The van der Waals surface area contributed by atoms with Gasteiger partial charge in [-0.15, -0.1) is 11.3 Å². The van der Waals surface area contributed by atoms with Gasteiger partial charge in [0.1, 0.15) is 10.7 Å². The van der Waals surface area contributed by atoms with Crippen LogP contribution in [0.2, 0.25) is 0 Å². The summed E-state index contributed by atoms with van der Waals surface area (Å²) >= 11 is 1.46. The van der Waals surface area contributed by atoms with Gasteiger partial charge in [-0.3, -0.25) is 24.8 Å². The van der Waals surface area contributed by atoms with E-state index in [0.29, 0.717) is 25.9 Å². The lowest BCUT2D eigenvalue weighted by Gasteiger charge is -2.39. The summed E-state index contributed by atoms with van der Waals surface area (Å²) in [5, 5.41) is 9.36. The summed E-state index contributed by atoms with van der Waals surface area (Å²) in [6, 6.07) is 11.8. The van der Waals surface area contributed by atoms with E-state index in [4.69, 9.17) is 0 Å². The molecule has 0 bridgehead atoms. The average Bonchev–Trinajstić information content (AvgIpc) is 3.38. The fourth-order valence-corrected chi connectivity index (χ4v) is 4.44. The van der Waals surface area contributed by atoms with Crippen LogP contribution in [0.1, 0.15) is 47.8 Å². The molecule has 1 atom stereocenters. The van der Waals surface area contributed by atoms with E-state index in [2.05, 4.69) is 27.7 Å². The van der Waals surface area contributed by atoms with Gasteiger partial charge in [-0.05, 0) is 23.4 Å². The summed E-state index contributed by atoms with van der Waals surface area (Å²) in [5.74, 6) is 0.828. The Hall–Kier alpha value is -2.87. The van der Waals surface area contributed by atoms with Gasteiger partial charge in [0.2, 0.25) is 12.2 Å². The molecule has 2 N–H and O–H groups in total. The number of hydrazone groups is 1. The predicted molar refractivity (Wildman–Crippen MR) is 115 cm³/mol. The minimum atomic E-state index is -0.307. The number of fused-ring (bicyclic) bond motifs is 3. The van der Waals surface area contributed by atoms with Gasteiger partial charge in [-0.25, -0.2) is 0 Å². The zero-order valence-corrected chi connectivity index (χ0v) is 17.2. The summed E-state index contributed by atoms with van der Waals surface area (Å²) in [7, 11) is 0. The van der Waals surface area contributed by atoms with E-state index in [1.807, 2.05) is 46.7 Å². The normalized spacial score (nSPS) is 17.5. The molecule has 0 aliphatic carbocycles. The first-order valence-electron chi connectivity index (χ1n) is 9.99. The highest BCUT2D eigenvalue weighted by Crippen LogP contribution is 2.36. The molecule has 1 aromatic carbocycles. The van der Waals surface area contributed by atoms with Crippen molar-refractivity contribution in [2.75, 3.05) is 11.4 Å². The molecule has 152 valence electrons. The highest BCUT2D eigenvalue weighted by atomic mass is 32.1. The summed E-state index contributed by atoms with van der Waals surface area (Å²) in [6.45, 7) is 3.31. The lowest BCUT2D eigenvalue weighted by atomic mass is 10.1. The van der Waals surface area contributed by atoms with E-state index in [1.165, 1.54) is 11.3 Å². The van der Waals surface area contributed by atoms with Crippen LogP contribution in [0.3, 0.4) is 0 Å². The minimum Gasteiger partial charge on any atom is -0.352 e. The molecule has 2 aliphatic rings. The van der Waals surface area contributed by atoms with Crippen LogP contribution >= 0.6 is 11.3 Å². The molecule has 7 nitrogen and oxygen atoms in total. The standard InChI is InChI=1S/C21H25N5O2S/c1-2-3-12-25-20(28)19-16(11-13-29-19)26-17(23-24-21(25)26)9-10-18(27)22-14-15-7-5-4-6-8-15/h4-8,11,13,21,24H,2-3,9-10,12,14H2,1H3,(H,22,27). The zero-order chi connectivity index (χ0) is 20.2. The Morgan fingerprint density at radius 2 is 2.10 bits per heavy atom. The number of thiophene rings is 1. The zero-order valence-electron chi connectivity index (χ0n) is 16.4. The molecule has 2 aromatic rings. The summed E-state index contributed by atoms with van der Waals surface area (Å²) in [4.78, 5) is 29.8. The Labute approximate surface area is 174 Å². The first kappa shape index (κ1) is 19.4. The average molecular weight is 412 g/mol. The molecule has 0 fully saturated rings. The molecule has 2 amide bonds. The summed E-state index contributed by atoms with van der Waals surface area (Å²) in [6.07, 6.45) is 2.51. The van der Waals surface area contributed by atoms with Crippen molar-refractivity contribution in [1.29, 1.82) is 0 Å². The van der Waals surface area contributed by atoms with E-state index in [-0.39, 0.29) is 18.1 Å². The maximum atomic E-state index is 12.9. The SMILES string of the molecule is CCCCN1C(=O)c2sccc2N2C(CCC(=O)NCc3ccccc3)=NNC12. The first-order chi connectivity index (χ1) is 14.2. The Balaban J connectivity index is 1.40. The Bertz CT molecular complexity index is 911. The fraction of sp³-hybridized carbons (Fsp3) is 0.381. The number of amides is 2. The van der Waals surface area contributed by atoms with Crippen LogP contribution in [0, 0.1) is 0 Å². The van der Waals surface area contributed by atoms with Gasteiger partial charge in [0.25, 0.3) is 5.91 Å². The van der Waals surface area contributed by atoms with Crippen molar-refractivity contribution in [3.8, 4) is 0 Å². The second-order valence-corrected chi connectivity index (χ2v) is 8.07. The number of hydrogen-bond donors (Lipinski definition) is 2. The van der Waals surface area contributed by atoms with Gasteiger partial charge in [0.05, 0.1) is 5.69 Å². The molecule has 8 heteroatoms. The molecule has 3 heterocycles. The molecule has 1 aromatic heterocycles. The molecule has 0 spiro atoms. The van der Waals surface area contributed by atoms with E-state index >= 15 is 0 Å². The smallest absolute Gasteiger partial charge is 0.269 e. The molecule has 29 heavy (non-hydrogen) atoms. The van der Waals surface area contributed by atoms with Crippen LogP contribution in [-0.4, -0.2) is 35.4 Å². The number of unbranched alkanes of at least 4 members (excludes halogenated alkanes) is 1. The van der Waals surface area contributed by atoms with Gasteiger partial charge < -0.3 is 5.32 Å². The Morgan fingerprint density at radius 1 is 1.28 bits per heavy atom. The number of nitrogens with zero attached hydrogens (tertiary/aromatic N) is 3. The van der Waals surface area contributed by atoms with Crippen molar-refractivity contribution in [2.45, 2.75) is 45.4 Å². The van der Waals surface area contributed by atoms with Gasteiger partial charge in [-0.2, -0.15) is 5.10 Å². The third-order valence-electron chi connectivity index (χ3n) is 5.15. The van der Waals surface area contributed by atoms with Crippen molar-refractivity contribution >= 4 is 34.7 Å². The monoisotopic (exact) mass is 411 g/mol. The van der Waals surface area contributed by atoms with Crippen molar-refractivity contribution in [3.63, 3.8) is 0 Å². The Morgan fingerprint density at radius 3 is 2.90 bits per heavy atom. The lowest BCUT2D eigenvalue weighted by Crippen LogP contribution is -2.58. The van der Waals surface area contributed by atoms with Crippen LogP contribution in [0.4, 0.5) is 5.69 Å². The number of rotatable bonds is 8. The number of nitrogens with one attached hydrogen (secondary N) is 2. The van der Waals surface area contributed by atoms with Crippen molar-refractivity contribution in [2.24, 2.45) is 5.10 Å². The lowest BCUT2D eigenvalue weighted by molar-refractivity contribution is -0.121. The minimum absolute atomic E-state index is 0.0125. The van der Waals surface area contributed by atoms with Crippen LogP contribution in [0.5, 0.6) is 0 Å². The molecule has 0 saturated heterocycles. The van der Waals surface area contributed by atoms with Crippen LogP contribution in [0.15, 0.2) is 46.9 Å². The molecule has 0 saturated carbocycles. The molecule has 0 radical (unpaired) electrons. The molecule has 4 rings (SSSR count). The number of anilines is 1. The van der Waals surface area contributed by atoms with E-state index < -0.39 is 0 Å². The molecule has 1 unspecified atom stereocenters. The highest BCUT2D eigenvalue weighted by Gasteiger charge is 2.43. The second kappa shape index (κ2) is 8.65. The predicted octanol–water partition coefficient (Wildman–Crippen LogP) is 3.11. The highest BCUT2D eigenvalue weighted by molar-refractivity contribution is 7.12. The van der Waals surface area contributed by atoms with E-state index in [1.54, 1.807) is 0 Å². The van der Waals surface area contributed by atoms with Crippen LogP contribution < -0.4 is 15.6 Å². The van der Waals surface area contributed by atoms with Gasteiger partial charge in [0, 0.05) is 25.9 Å². The van der Waals surface area contributed by atoms with Gasteiger partial charge in [0.15, 0.2) is 0 Å². The Kier molecular flexibility index (Phi) is 5.80. The molecule has 2 aliphatic heterocycles. The van der Waals surface area contributed by atoms with Crippen molar-refractivity contribution in [3.05, 3.63) is 52.2 Å². The largest absolute Gasteiger partial charge is 0.352 e. The quantitative estimate of drug-likeness (QED) is 0.700. The third-order valence-corrected chi connectivity index (χ3v) is 6.04. The maximum Gasteiger partial charge on any atom is 0.269 e. The van der Waals surface area contributed by atoms with E-state index in [0.717, 1.165) is 34.8 Å². The topological polar surface area (TPSA) is 77.0 Å². The summed E-state index contributed by atoms with van der Waals surface area (Å²) < 4.78 is 0. The fourth-order valence-electron chi connectivity index (χ4n) is 3.60. The number of amidine groups is 1. The van der Waals surface area contributed by atoms with Crippen molar-refractivity contribution in [1.82, 2.24) is 15.6 Å². The first-order valence-corrected chi connectivity index (χ1v) is 10.9. The van der Waals surface area contributed by atoms with E-state index in [9.17, 15) is 9.59 Å². The number of carbonyl (C=O) groups excluding carboxylic acids is 2. The van der Waals surface area contributed by atoms with Gasteiger partial charge >= 0.3 is 0 Å². The number of carbonyl (C=O) groups is 2. The van der Waals surface area contributed by atoms with Crippen LogP contribution in [0.25, 0.3) is 0 Å². The summed E-state index contributed by atoms with van der Waals surface area (Å²) in [5.41, 5.74) is 5.06. The molecular weight excluding hydrogens is 386 g/mol. The second-order valence-electron chi connectivity index (χ2n) is 7.15. The number of benzene rings is 1.